The van der Waals surface area contributed by atoms with E-state index in [1.54, 1.807) is 0 Å². The molecule has 0 saturated heterocycles. The average Bonchev–Trinajstić information content (AvgIpc) is 4.37. The van der Waals surface area contributed by atoms with Gasteiger partial charge in [-0.15, -0.1) is 0 Å². The van der Waals surface area contributed by atoms with E-state index in [4.69, 9.17) is 0 Å². The highest BCUT2D eigenvalue weighted by Crippen LogP contribution is 2.41. The highest BCUT2D eigenvalue weighted by molar-refractivity contribution is 6.15. The maximum atomic E-state index is 2.44. The zero-order valence-corrected chi connectivity index (χ0v) is 43.8. The van der Waals surface area contributed by atoms with Crippen molar-refractivity contribution in [2.45, 2.75) is 26.7 Å². The quantitative estimate of drug-likeness (QED) is 0.101. The maximum Gasteiger partial charge on any atom is 0.0541 e. The van der Waals surface area contributed by atoms with Crippen LogP contribution in [-0.2, 0) is 0 Å². The number of unbranched alkanes of at least 4 members (excludes halogenated alkanes) is 1. The Balaban J connectivity index is 0.000000643. The third-order valence-electron chi connectivity index (χ3n) is 15.7. The molecule has 0 aliphatic carbocycles. The summed E-state index contributed by atoms with van der Waals surface area (Å²) in [6, 6.07) is 93.5. The minimum Gasteiger partial charge on any atom is -0.309 e. The molecule has 15 aromatic rings. The van der Waals surface area contributed by atoms with E-state index in [0.717, 1.165) is 11.4 Å². The van der Waals surface area contributed by atoms with Crippen molar-refractivity contribution in [2.24, 2.45) is 0 Å². The molecule has 0 saturated carbocycles. The predicted octanol–water partition coefficient (Wildman–Crippen LogP) is 20.3. The van der Waals surface area contributed by atoms with E-state index in [-0.39, 0.29) is 0 Å². The number of hydrogen-bond acceptors (Lipinski definition) is 0. The fourth-order valence-electron chi connectivity index (χ4n) is 12.2. The van der Waals surface area contributed by atoms with Crippen molar-refractivity contribution in [1.29, 1.82) is 0 Å². The van der Waals surface area contributed by atoms with Crippen LogP contribution in [0.4, 0.5) is 0 Å². The number of nitrogens with zero attached hydrogens (tertiary/aromatic N) is 4. The molecule has 0 radical (unpaired) electrons. The van der Waals surface area contributed by atoms with Gasteiger partial charge < -0.3 is 18.3 Å². The molecular weight excluding hydrogens is 945 g/mol. The van der Waals surface area contributed by atoms with Crippen molar-refractivity contribution < 1.29 is 0 Å². The van der Waals surface area contributed by atoms with E-state index in [2.05, 4.69) is 311 Å². The molecule has 0 bridgehead atoms. The van der Waals surface area contributed by atoms with Gasteiger partial charge in [0.2, 0.25) is 0 Å². The first-order valence-corrected chi connectivity index (χ1v) is 27.2. The molecule has 0 amide bonds. The Hall–Kier alpha value is -9.90. The number of fused-ring (bicyclic) bond motifs is 12. The van der Waals surface area contributed by atoms with Gasteiger partial charge >= 0.3 is 0 Å². The molecule has 78 heavy (non-hydrogen) atoms. The molecule has 4 aromatic heterocycles. The largest absolute Gasteiger partial charge is 0.309 e. The smallest absolute Gasteiger partial charge is 0.0541 e. The number of benzene rings is 11. The van der Waals surface area contributed by atoms with Gasteiger partial charge in [-0.2, -0.15) is 0 Å². The highest BCUT2D eigenvalue weighted by Gasteiger charge is 2.19. The second-order valence-electron chi connectivity index (χ2n) is 20.2. The lowest BCUT2D eigenvalue weighted by Gasteiger charge is -2.13. The summed E-state index contributed by atoms with van der Waals surface area (Å²) in [5.41, 5.74) is 19.0. The fraction of sp³-hybridized carbons (Fsp3) is 0.0541. The number of rotatable bonds is 9. The summed E-state index contributed by atoms with van der Waals surface area (Å²) < 4.78 is 9.63. The molecule has 372 valence electrons. The molecule has 4 heterocycles. The normalized spacial score (nSPS) is 12.0. The number of hydrogen-bond donors (Lipinski definition) is 0. The Morgan fingerprint density at radius 3 is 0.795 bits per heavy atom. The summed E-state index contributed by atoms with van der Waals surface area (Å²) in [5.74, 6) is 0. The zero-order valence-electron chi connectivity index (χ0n) is 43.8. The summed E-state index contributed by atoms with van der Waals surface area (Å²) in [4.78, 5) is 0. The molecule has 4 nitrogen and oxygen atoms in total. The van der Waals surface area contributed by atoms with Crippen LogP contribution in [0.5, 0.6) is 0 Å². The molecule has 0 N–H and O–H groups in total. The standard InChI is InChI=1S/C66H42N4.C8H14/c1-3-16-47(17-4-1)67-59-26-11-7-22-51(59)55-38-43(30-34-63(55)67)45-32-36-65-57(40-45)53-24-9-13-28-61(53)69(65)49-20-15-21-50(42-49)70-62-29-14-10-25-54(62)58-41-46(33-37-66(58)70)44-31-35-64-56(39-44)52-23-8-12-27-60(52)68(64)48-18-5-2-6-19-48;1-3-5-7-8-6-4-2/h1-42H;3-6H,7-8H2,1-2H3/b;5-3-,6-4-. The predicted molar refractivity (Wildman–Crippen MR) is 334 cm³/mol. The Morgan fingerprint density at radius 2 is 0.487 bits per heavy atom. The summed E-state index contributed by atoms with van der Waals surface area (Å²) in [7, 11) is 0. The van der Waals surface area contributed by atoms with Crippen LogP contribution in [0.2, 0.25) is 0 Å². The van der Waals surface area contributed by atoms with Crippen molar-refractivity contribution in [2.75, 3.05) is 0 Å². The lowest BCUT2D eigenvalue weighted by molar-refractivity contribution is 1.05. The lowest BCUT2D eigenvalue weighted by Crippen LogP contribution is -1.98. The highest BCUT2D eigenvalue weighted by atomic mass is 15.0. The van der Waals surface area contributed by atoms with E-state index in [0.29, 0.717) is 0 Å². The minimum atomic E-state index is 1.12. The maximum absolute atomic E-state index is 2.44. The lowest BCUT2D eigenvalue weighted by atomic mass is 10.0. The Labute approximate surface area is 453 Å². The fourth-order valence-corrected chi connectivity index (χ4v) is 12.2. The van der Waals surface area contributed by atoms with Gasteiger partial charge in [-0.1, -0.05) is 164 Å². The molecule has 0 aliphatic heterocycles. The van der Waals surface area contributed by atoms with E-state index in [9.17, 15) is 0 Å². The van der Waals surface area contributed by atoms with Crippen molar-refractivity contribution >= 4 is 87.2 Å². The second kappa shape index (κ2) is 19.7. The Bertz CT molecular complexity index is 4500. The van der Waals surface area contributed by atoms with Gasteiger partial charge in [0.25, 0.3) is 0 Å². The number of para-hydroxylation sites is 6. The van der Waals surface area contributed by atoms with Gasteiger partial charge in [0.1, 0.15) is 0 Å². The van der Waals surface area contributed by atoms with Crippen molar-refractivity contribution in [3.05, 3.63) is 279 Å². The van der Waals surface area contributed by atoms with Crippen LogP contribution in [-0.4, -0.2) is 18.3 Å². The van der Waals surface area contributed by atoms with Crippen LogP contribution < -0.4 is 0 Å². The molecule has 0 spiro atoms. The summed E-state index contributed by atoms with van der Waals surface area (Å²) >= 11 is 0. The van der Waals surface area contributed by atoms with Crippen LogP contribution in [0.15, 0.2) is 279 Å². The molecule has 0 unspecified atom stereocenters. The molecule has 4 heteroatoms. The summed E-state index contributed by atoms with van der Waals surface area (Å²) in [5, 5.41) is 9.95. The van der Waals surface area contributed by atoms with Crippen molar-refractivity contribution in [1.82, 2.24) is 18.3 Å². The number of allylic oxidation sites excluding steroid dienone is 4. The second-order valence-corrected chi connectivity index (χ2v) is 20.2. The van der Waals surface area contributed by atoms with Gasteiger partial charge in [0.05, 0.1) is 44.1 Å². The van der Waals surface area contributed by atoms with Crippen LogP contribution in [0.25, 0.3) is 132 Å². The molecular formula is C74H56N4. The molecule has 0 fully saturated rings. The Morgan fingerprint density at radius 1 is 0.231 bits per heavy atom. The molecule has 11 aromatic carbocycles. The van der Waals surface area contributed by atoms with Gasteiger partial charge in [0, 0.05) is 65.8 Å². The molecule has 0 atom stereocenters. The first-order valence-electron chi connectivity index (χ1n) is 27.2. The minimum absolute atomic E-state index is 1.12. The third-order valence-corrected chi connectivity index (χ3v) is 15.7. The molecule has 15 rings (SSSR count). The monoisotopic (exact) mass is 1000 g/mol. The first kappa shape index (κ1) is 46.6. The van der Waals surface area contributed by atoms with Crippen molar-refractivity contribution in [3.63, 3.8) is 0 Å². The average molecular weight is 1000 g/mol. The van der Waals surface area contributed by atoms with Gasteiger partial charge in [-0.25, -0.2) is 0 Å². The van der Waals surface area contributed by atoms with Crippen LogP contribution in [0, 0.1) is 0 Å². The number of aromatic nitrogens is 4. The zero-order chi connectivity index (χ0) is 52.1. The van der Waals surface area contributed by atoms with E-state index in [1.165, 1.54) is 134 Å². The summed E-state index contributed by atoms with van der Waals surface area (Å²) in [6.07, 6.45) is 10.9. The van der Waals surface area contributed by atoms with Gasteiger partial charge in [-0.05, 0) is 164 Å². The van der Waals surface area contributed by atoms with Crippen molar-refractivity contribution in [3.8, 4) is 45.0 Å². The van der Waals surface area contributed by atoms with Crippen LogP contribution in [0.1, 0.15) is 26.7 Å². The van der Waals surface area contributed by atoms with Gasteiger partial charge in [-0.3, -0.25) is 0 Å². The third kappa shape index (κ3) is 7.83. The van der Waals surface area contributed by atoms with E-state index >= 15 is 0 Å². The molecule has 0 aliphatic rings. The van der Waals surface area contributed by atoms with E-state index < -0.39 is 0 Å². The van der Waals surface area contributed by atoms with E-state index in [1.807, 2.05) is 0 Å². The van der Waals surface area contributed by atoms with Crippen LogP contribution >= 0.6 is 0 Å². The Kier molecular flexibility index (Phi) is 11.8. The SMILES string of the molecule is C/C=C\CC/C=C\C.c1ccc(-n2c3ccccc3c3cc(-c4ccc5c(c4)c4ccccc4n5-c4cccc(-n5c6ccccc6c6cc(-c7ccc8c(c7)c7ccccc7n8-c7ccccc7)ccc65)c4)ccc32)cc1. The first-order chi connectivity index (χ1) is 38.6. The topological polar surface area (TPSA) is 19.7 Å². The summed E-state index contributed by atoms with van der Waals surface area (Å²) in [6.45, 7) is 4.10. The van der Waals surface area contributed by atoms with Crippen LogP contribution in [0.3, 0.4) is 0 Å². The van der Waals surface area contributed by atoms with Gasteiger partial charge in [0.15, 0.2) is 0 Å².